The van der Waals surface area contributed by atoms with Gasteiger partial charge in [-0.25, -0.2) is 4.39 Å². The minimum atomic E-state index is -0.479. The number of benzene rings is 2. The van der Waals surface area contributed by atoms with Crippen molar-refractivity contribution in [2.75, 3.05) is 7.05 Å². The van der Waals surface area contributed by atoms with Crippen molar-refractivity contribution in [3.63, 3.8) is 0 Å². The first kappa shape index (κ1) is 16.6. The van der Waals surface area contributed by atoms with E-state index in [2.05, 4.69) is 0 Å². The van der Waals surface area contributed by atoms with Gasteiger partial charge in [-0.1, -0.05) is 18.2 Å². The van der Waals surface area contributed by atoms with E-state index in [4.69, 9.17) is 0 Å². The third-order valence-electron chi connectivity index (χ3n) is 3.88. The summed E-state index contributed by atoms with van der Waals surface area (Å²) in [5.74, 6) is -0.782. The van der Waals surface area contributed by atoms with Crippen LogP contribution < -0.4 is 0 Å². The molecule has 5 nitrogen and oxygen atoms in total. The van der Waals surface area contributed by atoms with Gasteiger partial charge in [0.15, 0.2) is 0 Å². The van der Waals surface area contributed by atoms with Gasteiger partial charge in [0.2, 0.25) is 0 Å². The second kappa shape index (κ2) is 6.56. The summed E-state index contributed by atoms with van der Waals surface area (Å²) >= 11 is 0. The van der Waals surface area contributed by atoms with Crippen molar-refractivity contribution in [2.24, 2.45) is 0 Å². The third-order valence-corrected chi connectivity index (χ3v) is 3.88. The molecule has 0 saturated heterocycles. The molecule has 0 spiro atoms. The van der Waals surface area contributed by atoms with Gasteiger partial charge in [0.25, 0.3) is 11.6 Å². The Hall–Kier alpha value is -2.76. The Morgan fingerprint density at radius 2 is 1.96 bits per heavy atom. The normalized spacial score (nSPS) is 11.8. The smallest absolute Gasteiger partial charge is 0.269 e. The third kappa shape index (κ3) is 3.53. The summed E-state index contributed by atoms with van der Waals surface area (Å²) in [6.45, 7) is 3.39. The predicted octanol–water partition coefficient (Wildman–Crippen LogP) is 3.88. The van der Waals surface area contributed by atoms with Crippen molar-refractivity contribution in [3.8, 4) is 0 Å². The maximum atomic E-state index is 13.6. The number of nitro benzene ring substituents is 1. The molecule has 0 bridgehead atoms. The standard InChI is InChI=1S/C17H17FN2O3/c1-11-7-8-14(10-16(11)18)17(21)19(3)12(2)13-5-4-6-15(9-13)20(22)23/h4-10,12H,1-3H3. The van der Waals surface area contributed by atoms with E-state index in [1.807, 2.05) is 0 Å². The highest BCUT2D eigenvalue weighted by molar-refractivity contribution is 5.94. The van der Waals surface area contributed by atoms with E-state index in [0.717, 1.165) is 0 Å². The number of halogens is 1. The Morgan fingerprint density at radius 1 is 1.26 bits per heavy atom. The molecule has 0 aliphatic carbocycles. The zero-order valence-corrected chi connectivity index (χ0v) is 13.1. The minimum Gasteiger partial charge on any atom is -0.335 e. The molecule has 2 rings (SSSR count). The number of carbonyl (C=O) groups excluding carboxylic acids is 1. The summed E-state index contributed by atoms with van der Waals surface area (Å²) in [7, 11) is 1.59. The van der Waals surface area contributed by atoms with Gasteiger partial charge in [-0.3, -0.25) is 14.9 Å². The second-order valence-corrected chi connectivity index (χ2v) is 5.41. The van der Waals surface area contributed by atoms with Gasteiger partial charge in [-0.05, 0) is 37.1 Å². The summed E-state index contributed by atoms with van der Waals surface area (Å²) in [4.78, 5) is 24.3. The monoisotopic (exact) mass is 316 g/mol. The van der Waals surface area contributed by atoms with Crippen LogP contribution in [0.4, 0.5) is 10.1 Å². The molecular formula is C17H17FN2O3. The predicted molar refractivity (Wildman–Crippen MR) is 84.7 cm³/mol. The SMILES string of the molecule is Cc1ccc(C(=O)N(C)C(C)c2cccc([N+](=O)[O-])c2)cc1F. The lowest BCUT2D eigenvalue weighted by Gasteiger charge is -2.25. The fourth-order valence-corrected chi connectivity index (χ4v) is 2.23. The maximum absolute atomic E-state index is 13.6. The summed E-state index contributed by atoms with van der Waals surface area (Å²) in [5, 5.41) is 10.9. The summed E-state index contributed by atoms with van der Waals surface area (Å²) in [6, 6.07) is 10.1. The molecule has 0 heterocycles. The summed E-state index contributed by atoms with van der Waals surface area (Å²) in [5.41, 5.74) is 1.32. The number of nitrogens with zero attached hydrogens (tertiary/aromatic N) is 2. The highest BCUT2D eigenvalue weighted by atomic mass is 19.1. The van der Waals surface area contributed by atoms with Crippen LogP contribution in [0.15, 0.2) is 42.5 Å². The van der Waals surface area contributed by atoms with Crippen LogP contribution in [0.25, 0.3) is 0 Å². The quantitative estimate of drug-likeness (QED) is 0.635. The minimum absolute atomic E-state index is 0.0309. The average Bonchev–Trinajstić information content (AvgIpc) is 2.55. The number of aryl methyl sites for hydroxylation is 1. The summed E-state index contributed by atoms with van der Waals surface area (Å²) < 4.78 is 13.6. The Labute approximate surface area is 133 Å². The first-order chi connectivity index (χ1) is 10.8. The first-order valence-corrected chi connectivity index (χ1v) is 7.09. The number of hydrogen-bond acceptors (Lipinski definition) is 3. The number of rotatable bonds is 4. The van der Waals surface area contributed by atoms with Gasteiger partial charge >= 0.3 is 0 Å². The number of carbonyl (C=O) groups is 1. The van der Waals surface area contributed by atoms with Gasteiger partial charge in [0, 0.05) is 24.7 Å². The van der Waals surface area contributed by atoms with Crippen molar-refractivity contribution >= 4 is 11.6 Å². The van der Waals surface area contributed by atoms with E-state index < -0.39 is 10.7 Å². The molecule has 1 unspecified atom stereocenters. The molecule has 2 aromatic rings. The largest absolute Gasteiger partial charge is 0.335 e. The highest BCUT2D eigenvalue weighted by Gasteiger charge is 2.21. The van der Waals surface area contributed by atoms with Gasteiger partial charge < -0.3 is 4.90 Å². The van der Waals surface area contributed by atoms with Crippen molar-refractivity contribution in [3.05, 3.63) is 75.1 Å². The Balaban J connectivity index is 2.26. The lowest BCUT2D eigenvalue weighted by Crippen LogP contribution is -2.29. The maximum Gasteiger partial charge on any atom is 0.269 e. The molecule has 0 aliphatic heterocycles. The van der Waals surface area contributed by atoms with Gasteiger partial charge in [0.1, 0.15) is 5.82 Å². The van der Waals surface area contributed by atoms with Crippen LogP contribution in [0.3, 0.4) is 0 Å². The van der Waals surface area contributed by atoms with Crippen molar-refractivity contribution < 1.29 is 14.1 Å². The molecule has 0 N–H and O–H groups in total. The fourth-order valence-electron chi connectivity index (χ4n) is 2.23. The number of hydrogen-bond donors (Lipinski definition) is 0. The molecule has 0 aromatic heterocycles. The van der Waals surface area contributed by atoms with E-state index in [9.17, 15) is 19.3 Å². The van der Waals surface area contributed by atoms with Crippen LogP contribution in [-0.2, 0) is 0 Å². The van der Waals surface area contributed by atoms with E-state index in [1.54, 1.807) is 45.2 Å². The Morgan fingerprint density at radius 3 is 2.57 bits per heavy atom. The van der Waals surface area contributed by atoms with Gasteiger partial charge in [-0.2, -0.15) is 0 Å². The van der Waals surface area contributed by atoms with Gasteiger partial charge in [-0.15, -0.1) is 0 Å². The average molecular weight is 316 g/mol. The molecule has 2 aromatic carbocycles. The highest BCUT2D eigenvalue weighted by Crippen LogP contribution is 2.24. The zero-order chi connectivity index (χ0) is 17.1. The molecular weight excluding hydrogens is 299 g/mol. The van der Waals surface area contributed by atoms with E-state index >= 15 is 0 Å². The van der Waals surface area contributed by atoms with Crippen molar-refractivity contribution in [1.82, 2.24) is 4.90 Å². The number of amides is 1. The topological polar surface area (TPSA) is 63.5 Å². The van der Waals surface area contributed by atoms with Crippen LogP contribution in [0.5, 0.6) is 0 Å². The number of non-ortho nitro benzene ring substituents is 1. The Bertz CT molecular complexity index is 761. The second-order valence-electron chi connectivity index (χ2n) is 5.41. The van der Waals surface area contributed by atoms with Crippen LogP contribution >= 0.6 is 0 Å². The van der Waals surface area contributed by atoms with Crippen LogP contribution in [0.2, 0.25) is 0 Å². The van der Waals surface area contributed by atoms with Crippen molar-refractivity contribution in [2.45, 2.75) is 19.9 Å². The Kier molecular flexibility index (Phi) is 4.74. The van der Waals surface area contributed by atoms with E-state index in [-0.39, 0.29) is 23.2 Å². The molecule has 120 valence electrons. The molecule has 0 saturated carbocycles. The molecule has 1 atom stereocenters. The molecule has 23 heavy (non-hydrogen) atoms. The van der Waals surface area contributed by atoms with Crippen LogP contribution in [-0.4, -0.2) is 22.8 Å². The first-order valence-electron chi connectivity index (χ1n) is 7.09. The zero-order valence-electron chi connectivity index (χ0n) is 13.1. The number of nitro groups is 1. The van der Waals surface area contributed by atoms with E-state index in [1.165, 1.54) is 23.1 Å². The molecule has 1 amide bonds. The lowest BCUT2D eigenvalue weighted by atomic mass is 10.0. The lowest BCUT2D eigenvalue weighted by molar-refractivity contribution is -0.384. The van der Waals surface area contributed by atoms with Crippen LogP contribution in [0.1, 0.15) is 34.5 Å². The molecule has 0 aliphatic rings. The fraction of sp³-hybridized carbons (Fsp3) is 0.235. The van der Waals surface area contributed by atoms with E-state index in [0.29, 0.717) is 11.1 Å². The van der Waals surface area contributed by atoms with Crippen molar-refractivity contribution in [1.29, 1.82) is 0 Å². The molecule has 0 fully saturated rings. The van der Waals surface area contributed by atoms with Gasteiger partial charge in [0.05, 0.1) is 11.0 Å². The van der Waals surface area contributed by atoms with Crippen LogP contribution in [0, 0.1) is 22.9 Å². The molecule has 6 heteroatoms. The summed E-state index contributed by atoms with van der Waals surface area (Å²) in [6.07, 6.45) is 0. The molecule has 0 radical (unpaired) electrons.